The van der Waals surface area contributed by atoms with Crippen LogP contribution < -0.4 is 9.46 Å². The van der Waals surface area contributed by atoms with E-state index in [0.717, 1.165) is 5.69 Å². The number of sulfonamides is 1. The third-order valence-electron chi connectivity index (χ3n) is 2.78. The summed E-state index contributed by atoms with van der Waals surface area (Å²) in [5.74, 6) is 0.348. The first-order valence-corrected chi connectivity index (χ1v) is 8.27. The van der Waals surface area contributed by atoms with Crippen molar-refractivity contribution in [1.29, 1.82) is 0 Å². The molecule has 0 spiro atoms. The summed E-state index contributed by atoms with van der Waals surface area (Å²) < 4.78 is 31.8. The Morgan fingerprint density at radius 2 is 2.10 bits per heavy atom. The summed E-state index contributed by atoms with van der Waals surface area (Å²) in [5.41, 5.74) is 1.05. The van der Waals surface area contributed by atoms with Crippen molar-refractivity contribution in [3.63, 3.8) is 0 Å². The Kier molecular flexibility index (Phi) is 5.03. The molecule has 0 radical (unpaired) electrons. The normalized spacial score (nSPS) is 11.1. The van der Waals surface area contributed by atoms with Crippen LogP contribution in [-0.2, 0) is 16.4 Å². The third kappa shape index (κ3) is 4.61. The summed E-state index contributed by atoms with van der Waals surface area (Å²) in [7, 11) is -2.04. The monoisotopic (exact) mass is 326 g/mol. The number of aryl methyl sites for hydroxylation is 1. The van der Waals surface area contributed by atoms with Gasteiger partial charge in [-0.3, -0.25) is 9.71 Å². The van der Waals surface area contributed by atoms with Gasteiger partial charge in [0.15, 0.2) is 0 Å². The second-order valence-electron chi connectivity index (χ2n) is 4.34. The molecule has 0 amide bonds. The first kappa shape index (κ1) is 15.6. The molecule has 0 saturated carbocycles. The summed E-state index contributed by atoms with van der Waals surface area (Å²) >= 11 is 5.88. The molecule has 0 fully saturated rings. The van der Waals surface area contributed by atoms with Crippen LogP contribution in [0.15, 0.2) is 42.6 Å². The molecule has 0 aliphatic heterocycles. The highest BCUT2D eigenvalue weighted by atomic mass is 35.5. The first-order valence-electron chi connectivity index (χ1n) is 6.24. The van der Waals surface area contributed by atoms with Crippen LogP contribution >= 0.6 is 11.6 Å². The van der Waals surface area contributed by atoms with Gasteiger partial charge in [0.05, 0.1) is 18.6 Å². The van der Waals surface area contributed by atoms with E-state index in [2.05, 4.69) is 9.71 Å². The van der Waals surface area contributed by atoms with Crippen LogP contribution in [0.4, 0.5) is 5.69 Å². The molecule has 0 aliphatic rings. The van der Waals surface area contributed by atoms with Crippen molar-refractivity contribution in [2.24, 2.45) is 0 Å². The molecule has 0 bridgehead atoms. The Labute approximate surface area is 129 Å². The molecule has 0 aliphatic carbocycles. The number of hydrogen-bond donors (Lipinski definition) is 1. The average molecular weight is 327 g/mol. The zero-order valence-electron chi connectivity index (χ0n) is 11.4. The number of anilines is 1. The van der Waals surface area contributed by atoms with Gasteiger partial charge in [0.1, 0.15) is 5.75 Å². The number of halogens is 1. The van der Waals surface area contributed by atoms with E-state index in [-0.39, 0.29) is 5.75 Å². The minimum atomic E-state index is -3.51. The molecule has 112 valence electrons. The molecule has 2 rings (SSSR count). The predicted molar refractivity (Wildman–Crippen MR) is 83.4 cm³/mol. The lowest BCUT2D eigenvalue weighted by molar-refractivity contribution is 0.417. The minimum absolute atomic E-state index is 0.0698. The van der Waals surface area contributed by atoms with Crippen molar-refractivity contribution in [2.45, 2.75) is 6.42 Å². The SMILES string of the molecule is COc1ccc(Cl)cc1NS(=O)(=O)CCc1ccccn1. The van der Waals surface area contributed by atoms with Crippen LogP contribution in [0, 0.1) is 0 Å². The smallest absolute Gasteiger partial charge is 0.233 e. The number of hydrogen-bond acceptors (Lipinski definition) is 4. The molecular weight excluding hydrogens is 312 g/mol. The summed E-state index contributed by atoms with van der Waals surface area (Å²) in [5, 5.41) is 0.429. The van der Waals surface area contributed by atoms with E-state index in [1.165, 1.54) is 13.2 Å². The van der Waals surface area contributed by atoms with E-state index in [1.807, 2.05) is 6.07 Å². The summed E-state index contributed by atoms with van der Waals surface area (Å²) in [4.78, 5) is 4.10. The molecule has 2 aromatic rings. The van der Waals surface area contributed by atoms with Crippen molar-refractivity contribution in [2.75, 3.05) is 17.6 Å². The number of pyridine rings is 1. The van der Waals surface area contributed by atoms with Crippen LogP contribution in [0.3, 0.4) is 0 Å². The third-order valence-corrected chi connectivity index (χ3v) is 4.29. The van der Waals surface area contributed by atoms with Crippen LogP contribution in [0.5, 0.6) is 5.75 Å². The van der Waals surface area contributed by atoms with Crippen molar-refractivity contribution in [1.82, 2.24) is 4.98 Å². The molecule has 0 saturated heterocycles. The molecule has 0 atom stereocenters. The number of ether oxygens (including phenoxy) is 1. The lowest BCUT2D eigenvalue weighted by atomic mass is 10.3. The zero-order valence-corrected chi connectivity index (χ0v) is 13.0. The molecule has 1 N–H and O–H groups in total. The highest BCUT2D eigenvalue weighted by Crippen LogP contribution is 2.28. The van der Waals surface area contributed by atoms with Crippen molar-refractivity contribution in [3.05, 3.63) is 53.3 Å². The summed E-state index contributed by atoms with van der Waals surface area (Å²) in [6.45, 7) is 0. The number of aromatic nitrogens is 1. The Morgan fingerprint density at radius 1 is 1.29 bits per heavy atom. The first-order chi connectivity index (χ1) is 10.00. The number of benzene rings is 1. The van der Waals surface area contributed by atoms with E-state index in [0.29, 0.717) is 22.9 Å². The molecular formula is C14H15ClN2O3S. The standard InChI is InChI=1S/C14H15ClN2O3S/c1-20-14-6-5-11(15)10-13(14)17-21(18,19)9-7-12-4-2-3-8-16-12/h2-6,8,10,17H,7,9H2,1H3. The number of methoxy groups -OCH3 is 1. The highest BCUT2D eigenvalue weighted by Gasteiger charge is 2.14. The molecule has 1 aromatic carbocycles. The van der Waals surface area contributed by atoms with Gasteiger partial charge >= 0.3 is 0 Å². The maximum atomic E-state index is 12.1. The van der Waals surface area contributed by atoms with Crippen molar-refractivity contribution >= 4 is 27.3 Å². The second-order valence-corrected chi connectivity index (χ2v) is 6.61. The van der Waals surface area contributed by atoms with Gasteiger partial charge in [0.25, 0.3) is 0 Å². The predicted octanol–water partition coefficient (Wildman–Crippen LogP) is 2.73. The Bertz CT molecular complexity index is 705. The lowest BCUT2D eigenvalue weighted by Gasteiger charge is -2.12. The van der Waals surface area contributed by atoms with Crippen molar-refractivity contribution < 1.29 is 13.2 Å². The highest BCUT2D eigenvalue weighted by molar-refractivity contribution is 7.92. The fourth-order valence-electron chi connectivity index (χ4n) is 1.76. The zero-order chi connectivity index (χ0) is 15.3. The fraction of sp³-hybridized carbons (Fsp3) is 0.214. The maximum absolute atomic E-state index is 12.1. The van der Waals surface area contributed by atoms with Gasteiger partial charge in [0, 0.05) is 23.3 Å². The van der Waals surface area contributed by atoms with Crippen LogP contribution in [0.25, 0.3) is 0 Å². The number of rotatable bonds is 6. The Morgan fingerprint density at radius 3 is 2.76 bits per heavy atom. The van der Waals surface area contributed by atoms with Crippen LogP contribution in [0.1, 0.15) is 5.69 Å². The van der Waals surface area contributed by atoms with Crippen molar-refractivity contribution in [3.8, 4) is 5.75 Å². The average Bonchev–Trinajstić information content (AvgIpc) is 2.46. The summed E-state index contributed by atoms with van der Waals surface area (Å²) in [6, 6.07) is 10.1. The Hall–Kier alpha value is -1.79. The van der Waals surface area contributed by atoms with E-state index in [4.69, 9.17) is 16.3 Å². The van der Waals surface area contributed by atoms with Gasteiger partial charge in [-0.1, -0.05) is 17.7 Å². The van der Waals surface area contributed by atoms with E-state index >= 15 is 0 Å². The molecule has 0 unspecified atom stereocenters. The molecule has 5 nitrogen and oxygen atoms in total. The molecule has 1 heterocycles. The topological polar surface area (TPSA) is 68.3 Å². The van der Waals surface area contributed by atoms with Gasteiger partial charge in [-0.15, -0.1) is 0 Å². The summed E-state index contributed by atoms with van der Waals surface area (Å²) in [6.07, 6.45) is 1.97. The quantitative estimate of drug-likeness (QED) is 0.886. The van der Waals surface area contributed by atoms with Gasteiger partial charge < -0.3 is 4.74 Å². The minimum Gasteiger partial charge on any atom is -0.495 e. The van der Waals surface area contributed by atoms with Gasteiger partial charge in [-0.25, -0.2) is 8.42 Å². The lowest BCUT2D eigenvalue weighted by Crippen LogP contribution is -2.19. The molecule has 1 aromatic heterocycles. The second kappa shape index (κ2) is 6.78. The van der Waals surface area contributed by atoms with Gasteiger partial charge in [0.2, 0.25) is 10.0 Å². The van der Waals surface area contributed by atoms with Crippen LogP contribution in [-0.4, -0.2) is 26.3 Å². The van der Waals surface area contributed by atoms with E-state index < -0.39 is 10.0 Å². The van der Waals surface area contributed by atoms with E-state index in [9.17, 15) is 8.42 Å². The number of nitrogens with one attached hydrogen (secondary N) is 1. The Balaban J connectivity index is 2.09. The molecule has 21 heavy (non-hydrogen) atoms. The largest absolute Gasteiger partial charge is 0.495 e. The fourth-order valence-corrected chi connectivity index (χ4v) is 3.01. The number of nitrogens with zero attached hydrogens (tertiary/aromatic N) is 1. The van der Waals surface area contributed by atoms with Crippen LogP contribution in [0.2, 0.25) is 5.02 Å². The maximum Gasteiger partial charge on any atom is 0.233 e. The van der Waals surface area contributed by atoms with E-state index in [1.54, 1.807) is 30.5 Å². The van der Waals surface area contributed by atoms with Gasteiger partial charge in [-0.2, -0.15) is 0 Å². The molecule has 7 heteroatoms. The van der Waals surface area contributed by atoms with Gasteiger partial charge in [-0.05, 0) is 30.3 Å².